The van der Waals surface area contributed by atoms with Crippen molar-refractivity contribution in [2.75, 3.05) is 0 Å². The van der Waals surface area contributed by atoms with Crippen molar-refractivity contribution >= 4 is 21.4 Å². The lowest BCUT2D eigenvalue weighted by Gasteiger charge is -2.01. The van der Waals surface area contributed by atoms with Gasteiger partial charge in [-0.1, -0.05) is 30.3 Å². The molecule has 0 saturated carbocycles. The van der Waals surface area contributed by atoms with E-state index in [1.165, 1.54) is 11.3 Å². The minimum atomic E-state index is -0.00801. The molecule has 0 aliphatic rings. The summed E-state index contributed by atoms with van der Waals surface area (Å²) in [5.41, 5.74) is 1.90. The van der Waals surface area contributed by atoms with Gasteiger partial charge in [0.1, 0.15) is 0 Å². The molecule has 16 heavy (non-hydrogen) atoms. The number of aromatic amines is 1. The Labute approximate surface area is 96.2 Å². The van der Waals surface area contributed by atoms with E-state index in [-0.39, 0.29) is 5.56 Å². The molecule has 0 bridgehead atoms. The number of benzene rings is 1. The van der Waals surface area contributed by atoms with Crippen LogP contribution >= 0.6 is 11.3 Å². The molecule has 0 aliphatic heterocycles. The zero-order valence-electron chi connectivity index (χ0n) is 8.44. The minimum absolute atomic E-state index is 0.00801. The van der Waals surface area contributed by atoms with Crippen LogP contribution < -0.4 is 5.56 Å². The van der Waals surface area contributed by atoms with Crippen molar-refractivity contribution in [3.05, 3.63) is 58.2 Å². The summed E-state index contributed by atoms with van der Waals surface area (Å²) in [5, 5.41) is 2.95. The van der Waals surface area contributed by atoms with Gasteiger partial charge in [0.2, 0.25) is 0 Å². The highest BCUT2D eigenvalue weighted by molar-refractivity contribution is 7.17. The first-order chi connectivity index (χ1) is 7.84. The zero-order chi connectivity index (χ0) is 11.0. The largest absolute Gasteiger partial charge is 0.321 e. The number of H-pyrrole nitrogens is 1. The summed E-state index contributed by atoms with van der Waals surface area (Å²) < 4.78 is 0.791. The van der Waals surface area contributed by atoms with Crippen LogP contribution in [0.2, 0.25) is 0 Å². The molecule has 0 saturated heterocycles. The van der Waals surface area contributed by atoms with E-state index in [1.54, 1.807) is 0 Å². The van der Waals surface area contributed by atoms with E-state index in [0.29, 0.717) is 0 Å². The van der Waals surface area contributed by atoms with Gasteiger partial charge in [-0.3, -0.25) is 4.79 Å². The summed E-state index contributed by atoms with van der Waals surface area (Å²) in [5.74, 6) is 0. The first-order valence-corrected chi connectivity index (χ1v) is 5.88. The van der Waals surface area contributed by atoms with Gasteiger partial charge in [0, 0.05) is 11.1 Å². The summed E-state index contributed by atoms with van der Waals surface area (Å²) in [6.45, 7) is 0. The van der Waals surface area contributed by atoms with Gasteiger partial charge < -0.3 is 4.98 Å². The van der Waals surface area contributed by atoms with Crippen LogP contribution in [0.15, 0.2) is 52.6 Å². The number of pyridine rings is 1. The SMILES string of the molecule is O=c1[nH]c(-c2ccccc2)cc2ccsc12. The number of thiophene rings is 1. The van der Waals surface area contributed by atoms with Crippen molar-refractivity contribution in [2.24, 2.45) is 0 Å². The van der Waals surface area contributed by atoms with Crippen LogP contribution in [0.3, 0.4) is 0 Å². The van der Waals surface area contributed by atoms with Gasteiger partial charge in [-0.15, -0.1) is 11.3 Å². The third kappa shape index (κ3) is 1.46. The predicted octanol–water partition coefficient (Wildman–Crippen LogP) is 3.26. The lowest BCUT2D eigenvalue weighted by atomic mass is 10.1. The fourth-order valence-corrected chi connectivity index (χ4v) is 2.53. The molecule has 2 heterocycles. The summed E-state index contributed by atoms with van der Waals surface area (Å²) >= 11 is 1.47. The van der Waals surface area contributed by atoms with Crippen molar-refractivity contribution in [3.63, 3.8) is 0 Å². The fraction of sp³-hybridized carbons (Fsp3) is 0. The second kappa shape index (κ2) is 3.61. The first-order valence-electron chi connectivity index (χ1n) is 5.00. The number of rotatable bonds is 1. The highest BCUT2D eigenvalue weighted by Gasteiger charge is 2.04. The van der Waals surface area contributed by atoms with Gasteiger partial charge in [0.05, 0.1) is 4.70 Å². The quantitative estimate of drug-likeness (QED) is 0.680. The standard InChI is InChI=1S/C13H9NOS/c15-13-12-10(6-7-16-12)8-11(14-13)9-4-2-1-3-5-9/h1-8H,(H,14,15). The number of nitrogens with one attached hydrogen (secondary N) is 1. The molecule has 0 aliphatic carbocycles. The van der Waals surface area contributed by atoms with Crippen LogP contribution in [0, 0.1) is 0 Å². The average molecular weight is 227 g/mol. The topological polar surface area (TPSA) is 32.9 Å². The van der Waals surface area contributed by atoms with E-state index in [2.05, 4.69) is 4.98 Å². The molecule has 1 aromatic carbocycles. The zero-order valence-corrected chi connectivity index (χ0v) is 9.25. The second-order valence-corrected chi connectivity index (χ2v) is 4.50. The lowest BCUT2D eigenvalue weighted by Crippen LogP contribution is -2.04. The molecule has 0 unspecified atom stereocenters. The van der Waals surface area contributed by atoms with E-state index in [9.17, 15) is 4.79 Å². The summed E-state index contributed by atoms with van der Waals surface area (Å²) in [6, 6.07) is 13.9. The van der Waals surface area contributed by atoms with Gasteiger partial charge in [0.15, 0.2) is 0 Å². The molecule has 2 nitrogen and oxygen atoms in total. The van der Waals surface area contributed by atoms with Crippen LogP contribution in [0.1, 0.15) is 0 Å². The summed E-state index contributed by atoms with van der Waals surface area (Å²) in [7, 11) is 0. The van der Waals surface area contributed by atoms with Crippen LogP contribution in [-0.4, -0.2) is 4.98 Å². The van der Waals surface area contributed by atoms with E-state index in [4.69, 9.17) is 0 Å². The maximum absolute atomic E-state index is 11.8. The monoisotopic (exact) mass is 227 g/mol. The summed E-state index contributed by atoms with van der Waals surface area (Å²) in [6.07, 6.45) is 0. The molecule has 0 amide bonds. The molecule has 0 fully saturated rings. The molecule has 3 rings (SSSR count). The van der Waals surface area contributed by atoms with Gasteiger partial charge in [0.25, 0.3) is 5.56 Å². The van der Waals surface area contributed by atoms with Crippen molar-refractivity contribution in [3.8, 4) is 11.3 Å². The molecule has 0 radical (unpaired) electrons. The Bertz CT molecular complexity index is 682. The van der Waals surface area contributed by atoms with Gasteiger partial charge >= 0.3 is 0 Å². The third-order valence-corrected chi connectivity index (χ3v) is 3.46. The molecule has 3 aromatic rings. The van der Waals surface area contributed by atoms with Crippen LogP contribution in [-0.2, 0) is 0 Å². The summed E-state index contributed by atoms with van der Waals surface area (Å²) in [4.78, 5) is 14.7. The molecule has 1 N–H and O–H groups in total. The maximum Gasteiger partial charge on any atom is 0.266 e. The molecular weight excluding hydrogens is 218 g/mol. The van der Waals surface area contributed by atoms with Crippen LogP contribution in [0.25, 0.3) is 21.3 Å². The Balaban J connectivity index is 2.30. The number of hydrogen-bond acceptors (Lipinski definition) is 2. The van der Waals surface area contributed by atoms with E-state index in [1.807, 2.05) is 47.8 Å². The number of aromatic nitrogens is 1. The molecular formula is C13H9NOS. The Morgan fingerprint density at radius 1 is 1.06 bits per heavy atom. The van der Waals surface area contributed by atoms with Crippen LogP contribution in [0.5, 0.6) is 0 Å². The molecule has 3 heteroatoms. The van der Waals surface area contributed by atoms with Crippen molar-refractivity contribution in [2.45, 2.75) is 0 Å². The minimum Gasteiger partial charge on any atom is -0.321 e. The molecule has 0 atom stereocenters. The highest BCUT2D eigenvalue weighted by atomic mass is 32.1. The van der Waals surface area contributed by atoms with Crippen molar-refractivity contribution in [1.82, 2.24) is 4.98 Å². The van der Waals surface area contributed by atoms with Crippen molar-refractivity contribution < 1.29 is 0 Å². The van der Waals surface area contributed by atoms with Gasteiger partial charge in [-0.25, -0.2) is 0 Å². The van der Waals surface area contributed by atoms with E-state index in [0.717, 1.165) is 21.3 Å². The number of fused-ring (bicyclic) bond motifs is 1. The molecule has 2 aromatic heterocycles. The van der Waals surface area contributed by atoms with E-state index >= 15 is 0 Å². The predicted molar refractivity (Wildman–Crippen MR) is 67.9 cm³/mol. The Kier molecular flexibility index (Phi) is 2.11. The number of hydrogen-bond donors (Lipinski definition) is 1. The Morgan fingerprint density at radius 3 is 2.69 bits per heavy atom. The molecule has 0 spiro atoms. The highest BCUT2D eigenvalue weighted by Crippen LogP contribution is 2.22. The Hall–Kier alpha value is -1.87. The lowest BCUT2D eigenvalue weighted by molar-refractivity contribution is 1.29. The fourth-order valence-electron chi connectivity index (χ4n) is 1.76. The molecule has 78 valence electrons. The van der Waals surface area contributed by atoms with Gasteiger partial charge in [-0.2, -0.15) is 0 Å². The van der Waals surface area contributed by atoms with Crippen LogP contribution in [0.4, 0.5) is 0 Å². The Morgan fingerprint density at radius 2 is 1.88 bits per heavy atom. The van der Waals surface area contributed by atoms with Gasteiger partial charge in [-0.05, 0) is 23.1 Å². The smallest absolute Gasteiger partial charge is 0.266 e. The third-order valence-electron chi connectivity index (χ3n) is 2.53. The average Bonchev–Trinajstić information content (AvgIpc) is 2.79. The first kappa shape index (κ1) is 9.36. The second-order valence-electron chi connectivity index (χ2n) is 3.58. The maximum atomic E-state index is 11.8. The normalized spacial score (nSPS) is 10.8. The van der Waals surface area contributed by atoms with Crippen molar-refractivity contribution in [1.29, 1.82) is 0 Å². The van der Waals surface area contributed by atoms with E-state index < -0.39 is 0 Å².